The molecule has 0 heterocycles. The molecule has 2 N–H and O–H groups in total. The first-order valence-electron chi connectivity index (χ1n) is 5.35. The summed E-state index contributed by atoms with van der Waals surface area (Å²) >= 11 is 5.78. The summed E-state index contributed by atoms with van der Waals surface area (Å²) < 4.78 is 4.54. The number of non-ortho nitro benzene ring substituents is 1. The molecule has 7 nitrogen and oxygen atoms in total. The van der Waals surface area contributed by atoms with Crippen molar-refractivity contribution in [3.05, 3.63) is 38.9 Å². The standard InChI is InChI=1S/C11H12ClNO6/c1-2-19-11(16)10(15)9(14)7-5-6(13(17)18)3-4-8(7)12/h3-5,9-10,14-15H,2H2,1H3. The molecule has 1 rings (SSSR count). The van der Waals surface area contributed by atoms with Crippen molar-refractivity contribution in [2.24, 2.45) is 0 Å². The molecule has 0 aromatic heterocycles. The van der Waals surface area contributed by atoms with Crippen molar-refractivity contribution in [1.29, 1.82) is 0 Å². The van der Waals surface area contributed by atoms with Crippen molar-refractivity contribution >= 4 is 23.3 Å². The van der Waals surface area contributed by atoms with E-state index in [0.717, 1.165) is 12.1 Å². The number of nitrogens with zero attached hydrogens (tertiary/aromatic N) is 1. The van der Waals surface area contributed by atoms with Gasteiger partial charge in [-0.3, -0.25) is 10.1 Å². The van der Waals surface area contributed by atoms with E-state index in [0.29, 0.717) is 0 Å². The number of hydrogen-bond acceptors (Lipinski definition) is 6. The van der Waals surface area contributed by atoms with Gasteiger partial charge >= 0.3 is 5.97 Å². The Bertz CT molecular complexity index is 492. The van der Waals surface area contributed by atoms with Crippen LogP contribution in [0.25, 0.3) is 0 Å². The van der Waals surface area contributed by atoms with Gasteiger partial charge in [0.25, 0.3) is 5.69 Å². The van der Waals surface area contributed by atoms with Gasteiger partial charge in [0.2, 0.25) is 0 Å². The highest BCUT2D eigenvalue weighted by Gasteiger charge is 2.29. The quantitative estimate of drug-likeness (QED) is 0.479. The Labute approximate surface area is 113 Å². The van der Waals surface area contributed by atoms with Crippen LogP contribution in [0.5, 0.6) is 0 Å². The molecule has 0 aliphatic rings. The predicted molar refractivity (Wildman–Crippen MR) is 65.7 cm³/mol. The Morgan fingerprint density at radius 3 is 2.68 bits per heavy atom. The highest BCUT2D eigenvalue weighted by atomic mass is 35.5. The van der Waals surface area contributed by atoms with Crippen LogP contribution in [-0.2, 0) is 9.53 Å². The molecule has 0 saturated heterocycles. The third-order valence-corrected chi connectivity index (χ3v) is 2.68. The number of halogens is 1. The first-order valence-corrected chi connectivity index (χ1v) is 5.72. The molecule has 0 spiro atoms. The number of hydrogen-bond donors (Lipinski definition) is 2. The number of benzene rings is 1. The lowest BCUT2D eigenvalue weighted by Crippen LogP contribution is -2.30. The molecule has 0 aliphatic heterocycles. The molecule has 0 saturated carbocycles. The van der Waals surface area contributed by atoms with Crippen LogP contribution >= 0.6 is 11.6 Å². The molecule has 0 bridgehead atoms. The molecule has 104 valence electrons. The zero-order valence-corrected chi connectivity index (χ0v) is 10.7. The smallest absolute Gasteiger partial charge is 0.338 e. The number of nitro groups is 1. The van der Waals surface area contributed by atoms with Crippen LogP contribution in [0, 0.1) is 10.1 Å². The van der Waals surface area contributed by atoms with Crippen LogP contribution in [0.15, 0.2) is 18.2 Å². The highest BCUT2D eigenvalue weighted by molar-refractivity contribution is 6.31. The van der Waals surface area contributed by atoms with Crippen LogP contribution in [-0.4, -0.2) is 33.8 Å². The number of ether oxygens (including phenoxy) is 1. The molecule has 0 fully saturated rings. The molecule has 2 atom stereocenters. The number of rotatable bonds is 5. The number of aliphatic hydroxyl groups excluding tert-OH is 2. The van der Waals surface area contributed by atoms with E-state index in [1.165, 1.54) is 13.0 Å². The van der Waals surface area contributed by atoms with Gasteiger partial charge in [0.15, 0.2) is 6.10 Å². The molecule has 19 heavy (non-hydrogen) atoms. The van der Waals surface area contributed by atoms with Gasteiger partial charge in [-0.05, 0) is 13.0 Å². The monoisotopic (exact) mass is 289 g/mol. The van der Waals surface area contributed by atoms with E-state index >= 15 is 0 Å². The second kappa shape index (κ2) is 6.46. The summed E-state index contributed by atoms with van der Waals surface area (Å²) in [5.41, 5.74) is -0.425. The minimum Gasteiger partial charge on any atom is -0.464 e. The second-order valence-corrected chi connectivity index (χ2v) is 4.01. The minimum absolute atomic E-state index is 0.00134. The lowest BCUT2D eigenvalue weighted by Gasteiger charge is -2.17. The summed E-state index contributed by atoms with van der Waals surface area (Å²) in [5.74, 6) is -1.03. The van der Waals surface area contributed by atoms with Crippen LogP contribution in [0.4, 0.5) is 5.69 Å². The predicted octanol–water partition coefficient (Wildman–Crippen LogP) is 1.21. The SMILES string of the molecule is CCOC(=O)C(O)C(O)c1cc([N+](=O)[O-])ccc1Cl. The maximum Gasteiger partial charge on any atom is 0.338 e. The van der Waals surface area contributed by atoms with E-state index in [-0.39, 0.29) is 22.9 Å². The van der Waals surface area contributed by atoms with Crippen molar-refractivity contribution in [3.8, 4) is 0 Å². The van der Waals surface area contributed by atoms with Crippen LogP contribution in [0.2, 0.25) is 5.02 Å². The third kappa shape index (κ3) is 3.63. The Morgan fingerprint density at radius 1 is 1.53 bits per heavy atom. The van der Waals surface area contributed by atoms with E-state index in [4.69, 9.17) is 11.6 Å². The van der Waals surface area contributed by atoms with Gasteiger partial charge in [0, 0.05) is 22.7 Å². The second-order valence-electron chi connectivity index (χ2n) is 3.60. The van der Waals surface area contributed by atoms with Crippen molar-refractivity contribution in [2.45, 2.75) is 19.1 Å². The van der Waals surface area contributed by atoms with Crippen LogP contribution < -0.4 is 0 Å². The number of nitro benzene ring substituents is 1. The van der Waals surface area contributed by atoms with E-state index in [1.54, 1.807) is 0 Å². The molecule has 1 aromatic rings. The average Bonchev–Trinajstić information content (AvgIpc) is 2.37. The Hall–Kier alpha value is -1.70. The fourth-order valence-corrected chi connectivity index (χ4v) is 1.63. The van der Waals surface area contributed by atoms with E-state index < -0.39 is 23.1 Å². The van der Waals surface area contributed by atoms with Crippen LogP contribution in [0.1, 0.15) is 18.6 Å². The van der Waals surface area contributed by atoms with Gasteiger partial charge < -0.3 is 14.9 Å². The Morgan fingerprint density at radius 2 is 2.16 bits per heavy atom. The van der Waals surface area contributed by atoms with E-state index in [1.807, 2.05) is 0 Å². The lowest BCUT2D eigenvalue weighted by molar-refractivity contribution is -0.385. The topological polar surface area (TPSA) is 110 Å². The molecule has 1 aromatic carbocycles. The van der Waals surface area contributed by atoms with Crippen molar-refractivity contribution < 1.29 is 24.7 Å². The summed E-state index contributed by atoms with van der Waals surface area (Å²) in [6.07, 6.45) is -3.56. The molecule has 0 aliphatic carbocycles. The summed E-state index contributed by atoms with van der Waals surface area (Å²) in [4.78, 5) is 21.2. The van der Waals surface area contributed by atoms with Gasteiger partial charge in [0.05, 0.1) is 11.5 Å². The van der Waals surface area contributed by atoms with Gasteiger partial charge in [-0.15, -0.1) is 0 Å². The van der Waals surface area contributed by atoms with Gasteiger partial charge in [-0.2, -0.15) is 0 Å². The van der Waals surface area contributed by atoms with Crippen molar-refractivity contribution in [2.75, 3.05) is 6.61 Å². The molecule has 8 heteroatoms. The molecular weight excluding hydrogens is 278 g/mol. The number of aliphatic hydroxyl groups is 2. The highest BCUT2D eigenvalue weighted by Crippen LogP contribution is 2.29. The Kier molecular flexibility index (Phi) is 5.22. The van der Waals surface area contributed by atoms with Gasteiger partial charge in [-0.1, -0.05) is 11.6 Å². The first-order chi connectivity index (χ1) is 8.88. The average molecular weight is 290 g/mol. The summed E-state index contributed by atoms with van der Waals surface area (Å²) in [6.45, 7) is 1.57. The summed E-state index contributed by atoms with van der Waals surface area (Å²) in [6, 6.07) is 3.35. The largest absolute Gasteiger partial charge is 0.464 e. The zero-order chi connectivity index (χ0) is 14.6. The maximum atomic E-state index is 11.3. The molecular formula is C11H12ClNO6. The molecule has 0 amide bonds. The normalized spacial score (nSPS) is 13.7. The van der Waals surface area contributed by atoms with Crippen molar-refractivity contribution in [3.63, 3.8) is 0 Å². The first kappa shape index (κ1) is 15.4. The van der Waals surface area contributed by atoms with E-state index in [9.17, 15) is 25.1 Å². The van der Waals surface area contributed by atoms with Gasteiger partial charge in [-0.25, -0.2) is 4.79 Å². The lowest BCUT2D eigenvalue weighted by atomic mass is 10.0. The summed E-state index contributed by atoms with van der Waals surface area (Å²) in [7, 11) is 0. The fourth-order valence-electron chi connectivity index (χ4n) is 1.40. The van der Waals surface area contributed by atoms with E-state index in [2.05, 4.69) is 4.74 Å². The minimum atomic E-state index is -1.86. The van der Waals surface area contributed by atoms with Crippen LogP contribution in [0.3, 0.4) is 0 Å². The van der Waals surface area contributed by atoms with Crippen molar-refractivity contribution in [1.82, 2.24) is 0 Å². The number of esters is 1. The molecule has 2 unspecified atom stereocenters. The number of carbonyl (C=O) groups excluding carboxylic acids is 1. The number of carbonyl (C=O) groups is 1. The zero-order valence-electron chi connectivity index (χ0n) is 9.95. The maximum absolute atomic E-state index is 11.3. The summed E-state index contributed by atoms with van der Waals surface area (Å²) in [5, 5.41) is 30.0. The third-order valence-electron chi connectivity index (χ3n) is 2.34. The Balaban J connectivity index is 3.04. The fraction of sp³-hybridized carbons (Fsp3) is 0.364. The van der Waals surface area contributed by atoms with Gasteiger partial charge in [0.1, 0.15) is 6.10 Å². The molecule has 0 radical (unpaired) electrons.